The Balaban J connectivity index is 1.95. The molecular formula is C16H23NO. The van der Waals surface area contributed by atoms with Gasteiger partial charge < -0.3 is 10.4 Å². The van der Waals surface area contributed by atoms with Crippen molar-refractivity contribution < 1.29 is 5.11 Å². The van der Waals surface area contributed by atoms with Crippen LogP contribution in [0, 0.1) is 5.41 Å². The molecule has 0 amide bonds. The highest BCUT2D eigenvalue weighted by Gasteiger charge is 2.48. The molecule has 1 aliphatic carbocycles. The van der Waals surface area contributed by atoms with Gasteiger partial charge in [-0.05, 0) is 48.8 Å². The lowest BCUT2D eigenvalue weighted by Gasteiger charge is -2.38. The van der Waals surface area contributed by atoms with Gasteiger partial charge in [-0.2, -0.15) is 0 Å². The van der Waals surface area contributed by atoms with Gasteiger partial charge in [-0.25, -0.2) is 0 Å². The Morgan fingerprint density at radius 1 is 1.22 bits per heavy atom. The number of rotatable bonds is 1. The van der Waals surface area contributed by atoms with Crippen LogP contribution < -0.4 is 5.32 Å². The molecule has 2 atom stereocenters. The SMILES string of the molecule is CC1(C)CCC(O)(C2NCCc3ccccc32)C1. The summed E-state index contributed by atoms with van der Waals surface area (Å²) in [5.41, 5.74) is 2.41. The predicted octanol–water partition coefficient (Wildman–Crippen LogP) is 2.81. The second kappa shape index (κ2) is 4.07. The minimum Gasteiger partial charge on any atom is -0.388 e. The van der Waals surface area contributed by atoms with Gasteiger partial charge in [0.2, 0.25) is 0 Å². The molecule has 1 fully saturated rings. The molecule has 2 nitrogen and oxygen atoms in total. The third-order valence-corrected chi connectivity index (χ3v) is 4.67. The molecule has 2 aliphatic rings. The summed E-state index contributed by atoms with van der Waals surface area (Å²) < 4.78 is 0. The first-order valence-corrected chi connectivity index (χ1v) is 7.04. The Morgan fingerprint density at radius 2 is 2.00 bits per heavy atom. The molecule has 3 rings (SSSR count). The topological polar surface area (TPSA) is 32.3 Å². The lowest BCUT2D eigenvalue weighted by atomic mass is 9.80. The van der Waals surface area contributed by atoms with Crippen molar-refractivity contribution in [2.75, 3.05) is 6.54 Å². The van der Waals surface area contributed by atoms with E-state index in [0.29, 0.717) is 0 Å². The molecule has 0 spiro atoms. The molecule has 1 saturated carbocycles. The van der Waals surface area contributed by atoms with Crippen molar-refractivity contribution in [3.05, 3.63) is 35.4 Å². The molecule has 0 bridgehead atoms. The van der Waals surface area contributed by atoms with Gasteiger partial charge in [0.1, 0.15) is 0 Å². The number of nitrogens with one attached hydrogen (secondary N) is 1. The van der Waals surface area contributed by atoms with Crippen molar-refractivity contribution >= 4 is 0 Å². The van der Waals surface area contributed by atoms with Gasteiger partial charge >= 0.3 is 0 Å². The molecule has 1 aromatic rings. The summed E-state index contributed by atoms with van der Waals surface area (Å²) in [5.74, 6) is 0. The molecule has 0 aromatic heterocycles. The lowest BCUT2D eigenvalue weighted by molar-refractivity contribution is -0.00369. The zero-order chi connectivity index (χ0) is 12.8. The number of benzene rings is 1. The molecule has 2 unspecified atom stereocenters. The second-order valence-electron chi connectivity index (χ2n) is 6.78. The largest absolute Gasteiger partial charge is 0.388 e. The Bertz CT molecular complexity index is 454. The summed E-state index contributed by atoms with van der Waals surface area (Å²) in [5, 5.41) is 14.6. The molecule has 1 aliphatic heterocycles. The number of fused-ring (bicyclic) bond motifs is 1. The van der Waals surface area contributed by atoms with E-state index in [1.54, 1.807) is 0 Å². The van der Waals surface area contributed by atoms with Crippen LogP contribution in [0.1, 0.15) is 50.3 Å². The highest BCUT2D eigenvalue weighted by molar-refractivity contribution is 5.35. The minimum atomic E-state index is -0.569. The number of aliphatic hydroxyl groups is 1. The zero-order valence-corrected chi connectivity index (χ0v) is 11.4. The third-order valence-electron chi connectivity index (χ3n) is 4.67. The summed E-state index contributed by atoms with van der Waals surface area (Å²) in [6.07, 6.45) is 3.99. The first kappa shape index (κ1) is 12.2. The summed E-state index contributed by atoms with van der Waals surface area (Å²) in [6.45, 7) is 5.50. The van der Waals surface area contributed by atoms with Crippen molar-refractivity contribution in [3.8, 4) is 0 Å². The Morgan fingerprint density at radius 3 is 2.72 bits per heavy atom. The van der Waals surface area contributed by atoms with Crippen molar-refractivity contribution in [1.29, 1.82) is 0 Å². The molecule has 98 valence electrons. The van der Waals surface area contributed by atoms with E-state index >= 15 is 0 Å². The van der Waals surface area contributed by atoms with Gasteiger partial charge in [-0.1, -0.05) is 38.1 Å². The minimum absolute atomic E-state index is 0.115. The normalized spacial score (nSPS) is 34.3. The van der Waals surface area contributed by atoms with Crippen molar-refractivity contribution in [3.63, 3.8) is 0 Å². The van der Waals surface area contributed by atoms with E-state index in [0.717, 1.165) is 32.2 Å². The van der Waals surface area contributed by atoms with Crippen molar-refractivity contribution in [1.82, 2.24) is 5.32 Å². The van der Waals surface area contributed by atoms with Crippen molar-refractivity contribution in [2.24, 2.45) is 5.41 Å². The van der Waals surface area contributed by atoms with E-state index in [1.807, 2.05) is 0 Å². The maximum atomic E-state index is 11.0. The van der Waals surface area contributed by atoms with E-state index in [9.17, 15) is 5.11 Å². The highest BCUT2D eigenvalue weighted by atomic mass is 16.3. The molecule has 0 radical (unpaired) electrons. The fraction of sp³-hybridized carbons (Fsp3) is 0.625. The summed E-state index contributed by atoms with van der Waals surface area (Å²) >= 11 is 0. The quantitative estimate of drug-likeness (QED) is 0.797. The van der Waals surface area contributed by atoms with Gasteiger partial charge in [-0.15, -0.1) is 0 Å². The molecule has 2 heteroatoms. The first-order valence-electron chi connectivity index (χ1n) is 7.04. The maximum absolute atomic E-state index is 11.0. The van der Waals surface area contributed by atoms with Crippen LogP contribution in [0.5, 0.6) is 0 Å². The van der Waals surface area contributed by atoms with E-state index in [-0.39, 0.29) is 11.5 Å². The van der Waals surface area contributed by atoms with Gasteiger partial charge in [0, 0.05) is 0 Å². The predicted molar refractivity (Wildman–Crippen MR) is 73.5 cm³/mol. The average molecular weight is 245 g/mol. The average Bonchev–Trinajstić information content (AvgIpc) is 2.64. The fourth-order valence-electron chi connectivity index (χ4n) is 3.79. The van der Waals surface area contributed by atoms with E-state index in [4.69, 9.17) is 0 Å². The second-order valence-corrected chi connectivity index (χ2v) is 6.78. The fourth-order valence-corrected chi connectivity index (χ4v) is 3.79. The molecule has 18 heavy (non-hydrogen) atoms. The van der Waals surface area contributed by atoms with Crippen LogP contribution in [0.4, 0.5) is 0 Å². The smallest absolute Gasteiger partial charge is 0.0847 e. The van der Waals surface area contributed by atoms with Crippen LogP contribution in [0.25, 0.3) is 0 Å². The van der Waals surface area contributed by atoms with E-state index in [2.05, 4.69) is 43.4 Å². The summed E-state index contributed by atoms with van der Waals surface area (Å²) in [4.78, 5) is 0. The lowest BCUT2D eigenvalue weighted by Crippen LogP contribution is -2.46. The molecule has 1 heterocycles. The monoisotopic (exact) mass is 245 g/mol. The van der Waals surface area contributed by atoms with Gasteiger partial charge in [0.05, 0.1) is 11.6 Å². The standard InChI is InChI=1S/C16H23NO/c1-15(2)8-9-16(18,11-15)14-13-6-4-3-5-12(13)7-10-17-14/h3-6,14,17-18H,7-11H2,1-2H3. The molecule has 0 saturated heterocycles. The summed E-state index contributed by atoms with van der Waals surface area (Å²) in [6, 6.07) is 8.68. The Labute approximate surface area is 109 Å². The van der Waals surface area contributed by atoms with E-state index in [1.165, 1.54) is 11.1 Å². The van der Waals surface area contributed by atoms with Crippen LogP contribution >= 0.6 is 0 Å². The molecule has 2 N–H and O–H groups in total. The third kappa shape index (κ3) is 1.98. The number of hydrogen-bond donors (Lipinski definition) is 2. The van der Waals surface area contributed by atoms with Crippen molar-refractivity contribution in [2.45, 2.75) is 51.2 Å². The van der Waals surface area contributed by atoms with Crippen LogP contribution in [-0.4, -0.2) is 17.3 Å². The summed E-state index contributed by atoms with van der Waals surface area (Å²) in [7, 11) is 0. The molecule has 1 aromatic carbocycles. The Hall–Kier alpha value is -0.860. The molecular weight excluding hydrogens is 222 g/mol. The maximum Gasteiger partial charge on any atom is 0.0847 e. The van der Waals surface area contributed by atoms with Crippen LogP contribution in [0.3, 0.4) is 0 Å². The van der Waals surface area contributed by atoms with Crippen LogP contribution in [0.2, 0.25) is 0 Å². The highest BCUT2D eigenvalue weighted by Crippen LogP contribution is 2.49. The first-order chi connectivity index (χ1) is 8.50. The van der Waals surface area contributed by atoms with Crippen LogP contribution in [0.15, 0.2) is 24.3 Å². The van der Waals surface area contributed by atoms with Gasteiger partial charge in [-0.3, -0.25) is 0 Å². The number of hydrogen-bond acceptors (Lipinski definition) is 2. The van der Waals surface area contributed by atoms with Crippen LogP contribution in [-0.2, 0) is 6.42 Å². The van der Waals surface area contributed by atoms with Gasteiger partial charge in [0.15, 0.2) is 0 Å². The van der Waals surface area contributed by atoms with E-state index < -0.39 is 5.60 Å². The zero-order valence-electron chi connectivity index (χ0n) is 11.4. The van der Waals surface area contributed by atoms with Gasteiger partial charge in [0.25, 0.3) is 0 Å². The Kier molecular flexibility index (Phi) is 2.76.